The standard InChI is InChI=1S/C20H26N6S/c1-4-21-20(22-11-10-19-25-15(2)16(3)27-19)23-12-17-13-24-26(14-17)18-8-6-5-7-9-18/h5-9,13-14H,4,10-12H2,1-3H3,(H2,21,22,23). The minimum absolute atomic E-state index is 0.581. The summed E-state index contributed by atoms with van der Waals surface area (Å²) in [5.41, 5.74) is 3.25. The Bertz CT molecular complexity index is 862. The molecule has 0 fully saturated rings. The van der Waals surface area contributed by atoms with Crippen molar-refractivity contribution >= 4 is 17.3 Å². The number of para-hydroxylation sites is 1. The summed E-state index contributed by atoms with van der Waals surface area (Å²) in [6, 6.07) is 10.1. The highest BCUT2D eigenvalue weighted by Crippen LogP contribution is 2.16. The lowest BCUT2D eigenvalue weighted by molar-refractivity contribution is 0.795. The van der Waals surface area contributed by atoms with Crippen molar-refractivity contribution in [1.29, 1.82) is 0 Å². The van der Waals surface area contributed by atoms with Gasteiger partial charge in [-0.2, -0.15) is 5.10 Å². The van der Waals surface area contributed by atoms with Crippen molar-refractivity contribution in [3.8, 4) is 5.69 Å². The van der Waals surface area contributed by atoms with Gasteiger partial charge in [0.2, 0.25) is 0 Å². The monoisotopic (exact) mass is 382 g/mol. The molecule has 6 nitrogen and oxygen atoms in total. The fourth-order valence-electron chi connectivity index (χ4n) is 2.61. The van der Waals surface area contributed by atoms with Crippen LogP contribution < -0.4 is 10.6 Å². The molecule has 0 bridgehead atoms. The Kier molecular flexibility index (Phi) is 6.59. The molecular weight excluding hydrogens is 356 g/mol. The number of hydrogen-bond acceptors (Lipinski definition) is 4. The van der Waals surface area contributed by atoms with Gasteiger partial charge in [0.25, 0.3) is 0 Å². The van der Waals surface area contributed by atoms with Gasteiger partial charge in [-0.25, -0.2) is 14.7 Å². The molecule has 0 spiro atoms. The highest BCUT2D eigenvalue weighted by molar-refractivity contribution is 7.11. The first-order chi connectivity index (χ1) is 13.2. The quantitative estimate of drug-likeness (QED) is 0.486. The van der Waals surface area contributed by atoms with E-state index in [0.717, 1.165) is 47.4 Å². The van der Waals surface area contributed by atoms with Gasteiger partial charge in [-0.1, -0.05) is 18.2 Å². The SMILES string of the molecule is CCNC(=NCc1cnn(-c2ccccc2)c1)NCCc1nc(C)c(C)s1. The van der Waals surface area contributed by atoms with Crippen LogP contribution in [0.2, 0.25) is 0 Å². The van der Waals surface area contributed by atoms with Crippen LogP contribution in [0.15, 0.2) is 47.7 Å². The molecule has 27 heavy (non-hydrogen) atoms. The van der Waals surface area contributed by atoms with Gasteiger partial charge in [0.1, 0.15) is 0 Å². The highest BCUT2D eigenvalue weighted by atomic mass is 32.1. The van der Waals surface area contributed by atoms with Crippen LogP contribution >= 0.6 is 11.3 Å². The Labute approximate surface area is 164 Å². The summed E-state index contributed by atoms with van der Waals surface area (Å²) in [5, 5.41) is 12.3. The molecule has 2 aromatic heterocycles. The largest absolute Gasteiger partial charge is 0.357 e. The van der Waals surface area contributed by atoms with E-state index in [1.54, 1.807) is 11.3 Å². The average molecular weight is 383 g/mol. The van der Waals surface area contributed by atoms with Crippen LogP contribution in [-0.2, 0) is 13.0 Å². The topological polar surface area (TPSA) is 67.1 Å². The second-order valence-electron chi connectivity index (χ2n) is 6.25. The zero-order chi connectivity index (χ0) is 19.1. The molecule has 0 atom stereocenters. The van der Waals surface area contributed by atoms with E-state index in [4.69, 9.17) is 0 Å². The first-order valence-electron chi connectivity index (χ1n) is 9.19. The molecule has 0 saturated carbocycles. The Morgan fingerprint density at radius 2 is 2.00 bits per heavy atom. The van der Waals surface area contributed by atoms with Crippen molar-refractivity contribution in [1.82, 2.24) is 25.4 Å². The number of thiazole rings is 1. The number of guanidine groups is 1. The van der Waals surface area contributed by atoms with E-state index in [2.05, 4.69) is 46.5 Å². The number of aliphatic imine (C=N–C) groups is 1. The second-order valence-corrected chi connectivity index (χ2v) is 7.54. The van der Waals surface area contributed by atoms with Crippen LogP contribution in [0, 0.1) is 13.8 Å². The predicted molar refractivity (Wildman–Crippen MR) is 112 cm³/mol. The number of benzene rings is 1. The van der Waals surface area contributed by atoms with E-state index in [9.17, 15) is 0 Å². The Morgan fingerprint density at radius 3 is 2.70 bits per heavy atom. The molecule has 3 rings (SSSR count). The van der Waals surface area contributed by atoms with Crippen LogP contribution in [0.1, 0.15) is 28.1 Å². The maximum atomic E-state index is 4.67. The number of rotatable bonds is 7. The predicted octanol–water partition coefficient (Wildman–Crippen LogP) is 3.24. The van der Waals surface area contributed by atoms with Gasteiger partial charge in [-0.3, -0.25) is 0 Å². The zero-order valence-corrected chi connectivity index (χ0v) is 16.9. The van der Waals surface area contributed by atoms with Crippen molar-refractivity contribution in [3.05, 3.63) is 63.9 Å². The molecule has 0 aliphatic rings. The van der Waals surface area contributed by atoms with Crippen LogP contribution in [-0.4, -0.2) is 33.8 Å². The molecule has 0 amide bonds. The van der Waals surface area contributed by atoms with Crippen molar-refractivity contribution in [2.75, 3.05) is 13.1 Å². The molecule has 3 aromatic rings. The van der Waals surface area contributed by atoms with E-state index >= 15 is 0 Å². The van der Waals surface area contributed by atoms with Crippen LogP contribution in [0.5, 0.6) is 0 Å². The number of hydrogen-bond donors (Lipinski definition) is 2. The van der Waals surface area contributed by atoms with E-state index < -0.39 is 0 Å². The molecule has 0 aliphatic carbocycles. The summed E-state index contributed by atoms with van der Waals surface area (Å²) in [6.45, 7) is 8.46. The number of nitrogens with one attached hydrogen (secondary N) is 2. The van der Waals surface area contributed by atoms with Gasteiger partial charge in [-0.15, -0.1) is 11.3 Å². The van der Waals surface area contributed by atoms with Crippen molar-refractivity contribution in [3.63, 3.8) is 0 Å². The lowest BCUT2D eigenvalue weighted by Gasteiger charge is -2.10. The van der Waals surface area contributed by atoms with E-state index in [-0.39, 0.29) is 0 Å². The smallest absolute Gasteiger partial charge is 0.191 e. The number of nitrogens with zero attached hydrogens (tertiary/aromatic N) is 4. The van der Waals surface area contributed by atoms with E-state index in [0.29, 0.717) is 6.54 Å². The summed E-state index contributed by atoms with van der Waals surface area (Å²) in [6.07, 6.45) is 4.78. The number of aryl methyl sites for hydroxylation is 2. The highest BCUT2D eigenvalue weighted by Gasteiger charge is 2.05. The average Bonchev–Trinajstić information content (AvgIpc) is 3.27. The van der Waals surface area contributed by atoms with Gasteiger partial charge >= 0.3 is 0 Å². The maximum absolute atomic E-state index is 4.67. The third kappa shape index (κ3) is 5.40. The molecule has 2 N–H and O–H groups in total. The summed E-state index contributed by atoms with van der Waals surface area (Å²) in [7, 11) is 0. The van der Waals surface area contributed by atoms with E-state index in [1.165, 1.54) is 4.88 Å². The minimum Gasteiger partial charge on any atom is -0.357 e. The molecule has 0 saturated heterocycles. The normalized spacial score (nSPS) is 11.6. The maximum Gasteiger partial charge on any atom is 0.191 e. The summed E-state index contributed by atoms with van der Waals surface area (Å²) >= 11 is 1.77. The molecule has 0 radical (unpaired) electrons. The van der Waals surface area contributed by atoms with Gasteiger partial charge in [0, 0.05) is 36.1 Å². The second kappa shape index (κ2) is 9.32. The summed E-state index contributed by atoms with van der Waals surface area (Å²) < 4.78 is 1.87. The lowest BCUT2D eigenvalue weighted by atomic mass is 10.3. The first-order valence-corrected chi connectivity index (χ1v) is 10.0. The van der Waals surface area contributed by atoms with Gasteiger partial charge < -0.3 is 10.6 Å². The molecule has 0 unspecified atom stereocenters. The number of aromatic nitrogens is 3. The summed E-state index contributed by atoms with van der Waals surface area (Å²) in [5.74, 6) is 0.815. The van der Waals surface area contributed by atoms with Crippen molar-refractivity contribution in [2.24, 2.45) is 4.99 Å². The van der Waals surface area contributed by atoms with Crippen LogP contribution in [0.25, 0.3) is 5.69 Å². The molecule has 142 valence electrons. The molecule has 7 heteroatoms. The molecular formula is C20H26N6S. The Morgan fingerprint density at radius 1 is 1.19 bits per heavy atom. The van der Waals surface area contributed by atoms with E-state index in [1.807, 2.05) is 47.4 Å². The van der Waals surface area contributed by atoms with Gasteiger partial charge in [-0.05, 0) is 32.9 Å². The zero-order valence-electron chi connectivity index (χ0n) is 16.1. The molecule has 0 aliphatic heterocycles. The summed E-state index contributed by atoms with van der Waals surface area (Å²) in [4.78, 5) is 10.5. The fourth-order valence-corrected chi connectivity index (χ4v) is 3.54. The third-order valence-electron chi connectivity index (χ3n) is 4.12. The van der Waals surface area contributed by atoms with Crippen LogP contribution in [0.3, 0.4) is 0 Å². The molecule has 2 heterocycles. The Balaban J connectivity index is 1.56. The van der Waals surface area contributed by atoms with Crippen molar-refractivity contribution in [2.45, 2.75) is 33.7 Å². The van der Waals surface area contributed by atoms with Gasteiger partial charge in [0.15, 0.2) is 5.96 Å². The first kappa shape index (κ1) is 19.1. The van der Waals surface area contributed by atoms with Gasteiger partial charge in [0.05, 0.1) is 29.1 Å². The molecule has 1 aromatic carbocycles. The Hall–Kier alpha value is -2.67. The van der Waals surface area contributed by atoms with Crippen LogP contribution in [0.4, 0.5) is 0 Å². The minimum atomic E-state index is 0.581. The lowest BCUT2D eigenvalue weighted by Crippen LogP contribution is -2.38. The van der Waals surface area contributed by atoms with Crippen molar-refractivity contribution < 1.29 is 0 Å². The fraction of sp³-hybridized carbons (Fsp3) is 0.350. The third-order valence-corrected chi connectivity index (χ3v) is 5.26.